The Kier molecular flexibility index (Phi) is 3.38. The summed E-state index contributed by atoms with van der Waals surface area (Å²) in [7, 11) is 0. The van der Waals surface area contributed by atoms with E-state index in [9.17, 15) is 4.79 Å². The Morgan fingerprint density at radius 3 is 2.62 bits per heavy atom. The first-order valence-corrected chi connectivity index (χ1v) is 6.37. The van der Waals surface area contributed by atoms with Gasteiger partial charge in [0, 0.05) is 38.3 Å². The first-order chi connectivity index (χ1) is 7.58. The maximum absolute atomic E-state index is 12.3. The Labute approximate surface area is 98.0 Å². The van der Waals surface area contributed by atoms with Gasteiger partial charge in [0.05, 0.1) is 0 Å². The van der Waals surface area contributed by atoms with E-state index in [-0.39, 0.29) is 6.03 Å². The van der Waals surface area contributed by atoms with Crippen molar-refractivity contribution in [3.63, 3.8) is 0 Å². The van der Waals surface area contributed by atoms with Gasteiger partial charge >= 0.3 is 6.03 Å². The maximum Gasteiger partial charge on any atom is 0.320 e. The van der Waals surface area contributed by atoms with Crippen LogP contribution in [0.5, 0.6) is 0 Å². The van der Waals surface area contributed by atoms with Gasteiger partial charge in [0.25, 0.3) is 0 Å². The zero-order chi connectivity index (χ0) is 11.7. The number of urea groups is 1. The average Bonchev–Trinajstić information content (AvgIpc) is 2.67. The summed E-state index contributed by atoms with van der Waals surface area (Å²) < 4.78 is 0. The van der Waals surface area contributed by atoms with Crippen LogP contribution in [0.3, 0.4) is 0 Å². The summed E-state index contributed by atoms with van der Waals surface area (Å²) in [6.07, 6.45) is 1.15. The van der Waals surface area contributed by atoms with Gasteiger partial charge in [-0.1, -0.05) is 6.92 Å². The van der Waals surface area contributed by atoms with Gasteiger partial charge in [-0.2, -0.15) is 0 Å². The molecular weight excluding hydrogens is 202 g/mol. The molecular formula is C12H23N3O. The third-order valence-electron chi connectivity index (χ3n) is 3.70. The van der Waals surface area contributed by atoms with Gasteiger partial charge in [-0.3, -0.25) is 0 Å². The lowest BCUT2D eigenvalue weighted by Crippen LogP contribution is -2.58. The van der Waals surface area contributed by atoms with Crippen LogP contribution in [0.2, 0.25) is 0 Å². The molecule has 0 radical (unpaired) electrons. The molecule has 16 heavy (non-hydrogen) atoms. The zero-order valence-electron chi connectivity index (χ0n) is 10.6. The number of carbonyl (C=O) groups excluding carboxylic acids is 1. The molecule has 1 N–H and O–H groups in total. The fourth-order valence-corrected chi connectivity index (χ4v) is 2.58. The quantitative estimate of drug-likeness (QED) is 0.671. The first-order valence-electron chi connectivity index (χ1n) is 6.37. The topological polar surface area (TPSA) is 35.6 Å². The van der Waals surface area contributed by atoms with Gasteiger partial charge in [0.2, 0.25) is 0 Å². The van der Waals surface area contributed by atoms with Crippen molar-refractivity contribution >= 4 is 6.03 Å². The van der Waals surface area contributed by atoms with Crippen molar-refractivity contribution < 1.29 is 4.79 Å². The van der Waals surface area contributed by atoms with Gasteiger partial charge in [0.15, 0.2) is 0 Å². The van der Waals surface area contributed by atoms with Gasteiger partial charge in [-0.25, -0.2) is 4.79 Å². The molecule has 4 nitrogen and oxygen atoms in total. The highest BCUT2D eigenvalue weighted by molar-refractivity contribution is 5.75. The van der Waals surface area contributed by atoms with Crippen molar-refractivity contribution in [3.8, 4) is 0 Å². The lowest BCUT2D eigenvalue weighted by Gasteiger charge is -2.39. The van der Waals surface area contributed by atoms with E-state index < -0.39 is 0 Å². The Hall–Kier alpha value is -0.770. The molecule has 0 aromatic heterocycles. The molecule has 92 valence electrons. The predicted octanol–water partition coefficient (Wildman–Crippen LogP) is 1.13. The molecule has 2 aliphatic heterocycles. The summed E-state index contributed by atoms with van der Waals surface area (Å²) in [6.45, 7) is 10.1. The number of hydrogen-bond donors (Lipinski definition) is 1. The van der Waals surface area contributed by atoms with E-state index >= 15 is 0 Å². The molecule has 2 aliphatic rings. The maximum atomic E-state index is 12.3. The van der Waals surface area contributed by atoms with Gasteiger partial charge in [-0.15, -0.1) is 0 Å². The number of nitrogens with one attached hydrogen (secondary N) is 1. The second-order valence-electron chi connectivity index (χ2n) is 5.43. The van der Waals surface area contributed by atoms with E-state index in [0.29, 0.717) is 18.0 Å². The monoisotopic (exact) mass is 225 g/mol. The second-order valence-corrected chi connectivity index (χ2v) is 5.43. The Bertz CT molecular complexity index is 269. The molecule has 0 aromatic carbocycles. The highest BCUT2D eigenvalue weighted by Gasteiger charge is 2.32. The number of carbonyl (C=O) groups is 1. The van der Waals surface area contributed by atoms with E-state index in [2.05, 4.69) is 26.1 Å². The second kappa shape index (κ2) is 4.62. The van der Waals surface area contributed by atoms with Crippen LogP contribution in [0.15, 0.2) is 0 Å². The normalized spacial score (nSPS) is 35.6. The molecule has 4 heteroatoms. The molecule has 0 aromatic rings. The van der Waals surface area contributed by atoms with Crippen molar-refractivity contribution in [2.45, 2.75) is 39.3 Å². The third-order valence-corrected chi connectivity index (χ3v) is 3.70. The van der Waals surface area contributed by atoms with E-state index in [1.165, 1.54) is 0 Å². The predicted molar refractivity (Wildman–Crippen MR) is 64.4 cm³/mol. The summed E-state index contributed by atoms with van der Waals surface area (Å²) in [5.41, 5.74) is 0. The van der Waals surface area contributed by atoms with Gasteiger partial charge in [0.1, 0.15) is 0 Å². The molecule has 3 unspecified atom stereocenters. The fraction of sp³-hybridized carbons (Fsp3) is 0.917. The number of rotatable bonds is 0. The van der Waals surface area contributed by atoms with E-state index in [0.717, 1.165) is 32.6 Å². The fourth-order valence-electron chi connectivity index (χ4n) is 2.58. The Morgan fingerprint density at radius 2 is 2.00 bits per heavy atom. The van der Waals surface area contributed by atoms with E-state index in [1.807, 2.05) is 9.80 Å². The lowest BCUT2D eigenvalue weighted by atomic mass is 10.1. The highest BCUT2D eigenvalue weighted by atomic mass is 16.2. The minimum Gasteiger partial charge on any atom is -0.324 e. The Balaban J connectivity index is 1.97. The van der Waals surface area contributed by atoms with Crippen LogP contribution in [-0.2, 0) is 0 Å². The molecule has 2 fully saturated rings. The number of hydrogen-bond acceptors (Lipinski definition) is 2. The molecule has 2 heterocycles. The highest BCUT2D eigenvalue weighted by Crippen LogP contribution is 2.18. The summed E-state index contributed by atoms with van der Waals surface area (Å²) in [5.74, 6) is 0.666. The van der Waals surface area contributed by atoms with Gasteiger partial charge in [-0.05, 0) is 26.2 Å². The SMILES string of the molecule is CC1CCN(C(=O)N2CC(C)NCC2C)C1. The van der Waals surface area contributed by atoms with Crippen molar-refractivity contribution in [2.75, 3.05) is 26.2 Å². The van der Waals surface area contributed by atoms with Crippen LogP contribution in [0.4, 0.5) is 4.79 Å². The number of amides is 2. The molecule has 2 amide bonds. The standard InChI is InChI=1S/C12H23N3O/c1-9-4-5-14(7-9)12(16)15-8-10(2)13-6-11(15)3/h9-11,13H,4-8H2,1-3H3. The van der Waals surface area contributed by atoms with Crippen LogP contribution < -0.4 is 5.32 Å². The lowest BCUT2D eigenvalue weighted by molar-refractivity contribution is 0.121. The van der Waals surface area contributed by atoms with Crippen LogP contribution in [0.25, 0.3) is 0 Å². The van der Waals surface area contributed by atoms with Crippen LogP contribution >= 0.6 is 0 Å². The third kappa shape index (κ3) is 2.32. The summed E-state index contributed by atoms with van der Waals surface area (Å²) >= 11 is 0. The van der Waals surface area contributed by atoms with E-state index in [4.69, 9.17) is 0 Å². The molecule has 3 atom stereocenters. The number of likely N-dealkylation sites (tertiary alicyclic amines) is 1. The van der Waals surface area contributed by atoms with Crippen molar-refractivity contribution in [3.05, 3.63) is 0 Å². The first kappa shape index (κ1) is 11.7. The Morgan fingerprint density at radius 1 is 1.25 bits per heavy atom. The van der Waals surface area contributed by atoms with Crippen LogP contribution in [-0.4, -0.2) is 54.1 Å². The van der Waals surface area contributed by atoms with Gasteiger partial charge < -0.3 is 15.1 Å². The molecule has 2 rings (SSSR count). The minimum absolute atomic E-state index is 0.241. The van der Waals surface area contributed by atoms with Crippen molar-refractivity contribution in [1.82, 2.24) is 15.1 Å². The minimum atomic E-state index is 0.241. The van der Waals surface area contributed by atoms with Crippen LogP contribution in [0, 0.1) is 5.92 Å². The summed E-state index contributed by atoms with van der Waals surface area (Å²) in [4.78, 5) is 16.4. The zero-order valence-corrected chi connectivity index (χ0v) is 10.6. The molecule has 0 bridgehead atoms. The largest absolute Gasteiger partial charge is 0.324 e. The van der Waals surface area contributed by atoms with Crippen molar-refractivity contribution in [1.29, 1.82) is 0 Å². The molecule has 0 spiro atoms. The van der Waals surface area contributed by atoms with E-state index in [1.54, 1.807) is 0 Å². The van der Waals surface area contributed by atoms with Crippen molar-refractivity contribution in [2.24, 2.45) is 5.92 Å². The smallest absolute Gasteiger partial charge is 0.320 e. The number of piperazine rings is 1. The average molecular weight is 225 g/mol. The van der Waals surface area contributed by atoms with Crippen LogP contribution in [0.1, 0.15) is 27.2 Å². The number of nitrogens with zero attached hydrogens (tertiary/aromatic N) is 2. The summed E-state index contributed by atoms with van der Waals surface area (Å²) in [6, 6.07) is 0.977. The molecule has 0 saturated carbocycles. The summed E-state index contributed by atoms with van der Waals surface area (Å²) in [5, 5.41) is 3.40. The molecule has 2 saturated heterocycles. The molecule has 0 aliphatic carbocycles.